The van der Waals surface area contributed by atoms with E-state index in [-0.39, 0.29) is 0 Å². The van der Waals surface area contributed by atoms with Crippen LogP contribution in [0.5, 0.6) is 0 Å². The predicted molar refractivity (Wildman–Crippen MR) is 76.9 cm³/mol. The Morgan fingerprint density at radius 2 is 2.25 bits per heavy atom. The van der Waals surface area contributed by atoms with Crippen LogP contribution in [0.2, 0.25) is 4.34 Å². The van der Waals surface area contributed by atoms with Gasteiger partial charge >= 0.3 is 0 Å². The molecule has 1 nitrogen and oxygen atoms in total. The number of hydrogen-bond donors (Lipinski definition) is 1. The van der Waals surface area contributed by atoms with E-state index in [1.165, 1.54) is 14.2 Å². The number of likely N-dealkylation sites (N-methyl/N-ethyl adjacent to an activating group) is 1. The highest BCUT2D eigenvalue weighted by atomic mass is 79.9. The van der Waals surface area contributed by atoms with Crippen LogP contribution in [0.1, 0.15) is 15.8 Å². The van der Waals surface area contributed by atoms with Crippen LogP contribution in [-0.2, 0) is 6.42 Å². The van der Waals surface area contributed by atoms with Gasteiger partial charge in [-0.15, -0.1) is 22.7 Å². The minimum atomic E-state index is 0.351. The first-order valence-electron chi connectivity index (χ1n) is 4.85. The van der Waals surface area contributed by atoms with Gasteiger partial charge in [0.05, 0.1) is 4.34 Å². The number of nitrogens with one attached hydrogen (secondary N) is 1. The molecule has 0 fully saturated rings. The van der Waals surface area contributed by atoms with Gasteiger partial charge in [-0.05, 0) is 46.6 Å². The van der Waals surface area contributed by atoms with Crippen molar-refractivity contribution in [3.8, 4) is 0 Å². The molecule has 0 aliphatic rings. The summed E-state index contributed by atoms with van der Waals surface area (Å²) in [5, 5.41) is 5.45. The van der Waals surface area contributed by atoms with Crippen LogP contribution in [-0.4, -0.2) is 7.05 Å². The molecule has 1 N–H and O–H groups in total. The van der Waals surface area contributed by atoms with Crippen molar-refractivity contribution in [2.24, 2.45) is 0 Å². The molecule has 2 aromatic rings. The van der Waals surface area contributed by atoms with Crippen molar-refractivity contribution >= 4 is 50.2 Å². The molecular weight excluding hydrogens is 326 g/mol. The summed E-state index contributed by atoms with van der Waals surface area (Å²) < 4.78 is 2.04. The van der Waals surface area contributed by atoms with Crippen LogP contribution < -0.4 is 5.32 Å². The third-order valence-electron chi connectivity index (χ3n) is 2.34. The Bertz CT molecular complexity index is 466. The summed E-state index contributed by atoms with van der Waals surface area (Å²) in [5.74, 6) is 0. The van der Waals surface area contributed by atoms with E-state index in [9.17, 15) is 0 Å². The van der Waals surface area contributed by atoms with Gasteiger partial charge < -0.3 is 5.32 Å². The second-order valence-electron chi connectivity index (χ2n) is 3.38. The predicted octanol–water partition coefficient (Wildman–Crippen LogP) is 4.73. The fourth-order valence-electron chi connectivity index (χ4n) is 1.54. The summed E-state index contributed by atoms with van der Waals surface area (Å²) in [7, 11) is 1.99. The first-order valence-corrected chi connectivity index (χ1v) is 7.71. The molecule has 0 amide bonds. The van der Waals surface area contributed by atoms with Crippen LogP contribution >= 0.6 is 50.2 Å². The van der Waals surface area contributed by atoms with Crippen molar-refractivity contribution in [2.75, 3.05) is 7.05 Å². The highest BCUT2D eigenvalue weighted by Crippen LogP contribution is 2.33. The molecule has 0 aliphatic heterocycles. The summed E-state index contributed by atoms with van der Waals surface area (Å²) >= 11 is 12.9. The maximum absolute atomic E-state index is 5.93. The Morgan fingerprint density at radius 3 is 2.75 bits per heavy atom. The molecule has 2 aromatic heterocycles. The number of hydrogen-bond acceptors (Lipinski definition) is 3. The molecule has 1 unspecified atom stereocenters. The Balaban J connectivity index is 2.15. The van der Waals surface area contributed by atoms with Crippen molar-refractivity contribution < 1.29 is 0 Å². The van der Waals surface area contributed by atoms with E-state index < -0.39 is 0 Å². The summed E-state index contributed by atoms with van der Waals surface area (Å²) in [6.45, 7) is 0. The molecule has 16 heavy (non-hydrogen) atoms. The van der Waals surface area contributed by atoms with Crippen LogP contribution in [0.3, 0.4) is 0 Å². The first kappa shape index (κ1) is 12.6. The third kappa shape index (κ3) is 2.87. The van der Waals surface area contributed by atoms with Gasteiger partial charge in [0.1, 0.15) is 0 Å². The maximum Gasteiger partial charge on any atom is 0.0931 e. The maximum atomic E-state index is 5.93. The lowest BCUT2D eigenvalue weighted by Gasteiger charge is -2.14. The summed E-state index contributed by atoms with van der Waals surface area (Å²) in [6, 6.07) is 6.49. The highest BCUT2D eigenvalue weighted by Gasteiger charge is 2.15. The molecular formula is C11H11BrClNS2. The Hall–Kier alpha value is 0.130. The zero-order chi connectivity index (χ0) is 11.5. The molecule has 0 aliphatic carbocycles. The van der Waals surface area contributed by atoms with Gasteiger partial charge in [0.2, 0.25) is 0 Å². The SMILES string of the molecule is CNC(Cc1ccc(Cl)s1)c1sccc1Br. The summed E-state index contributed by atoms with van der Waals surface area (Å²) in [4.78, 5) is 2.65. The molecule has 5 heteroatoms. The van der Waals surface area contributed by atoms with Gasteiger partial charge in [0.15, 0.2) is 0 Å². The molecule has 0 saturated heterocycles. The third-order valence-corrected chi connectivity index (χ3v) is 5.58. The molecule has 1 atom stereocenters. The van der Waals surface area contributed by atoms with Gasteiger partial charge in [0.25, 0.3) is 0 Å². The number of rotatable bonds is 4. The standard InChI is InChI=1S/C11H11BrClNS2/c1-14-9(11-8(12)4-5-15-11)6-7-2-3-10(13)16-7/h2-5,9,14H,6H2,1H3. The average Bonchev–Trinajstić information content (AvgIpc) is 2.84. The van der Waals surface area contributed by atoms with Crippen molar-refractivity contribution in [3.05, 3.63) is 42.1 Å². The molecule has 2 rings (SSSR count). The molecule has 0 radical (unpaired) electrons. The topological polar surface area (TPSA) is 12.0 Å². The number of halogens is 2. The summed E-state index contributed by atoms with van der Waals surface area (Å²) in [5.41, 5.74) is 0. The minimum absolute atomic E-state index is 0.351. The van der Waals surface area contributed by atoms with E-state index in [2.05, 4.69) is 38.8 Å². The van der Waals surface area contributed by atoms with E-state index in [4.69, 9.17) is 11.6 Å². The highest BCUT2D eigenvalue weighted by molar-refractivity contribution is 9.10. The van der Waals surface area contributed by atoms with Gasteiger partial charge in [-0.25, -0.2) is 0 Å². The van der Waals surface area contributed by atoms with Crippen molar-refractivity contribution in [3.63, 3.8) is 0 Å². The minimum Gasteiger partial charge on any atom is -0.312 e. The van der Waals surface area contributed by atoms with Crippen LogP contribution in [0, 0.1) is 0 Å². The van der Waals surface area contributed by atoms with Crippen molar-refractivity contribution in [1.29, 1.82) is 0 Å². The van der Waals surface area contributed by atoms with E-state index in [1.54, 1.807) is 22.7 Å². The van der Waals surface area contributed by atoms with Gasteiger partial charge in [0, 0.05) is 26.7 Å². The van der Waals surface area contributed by atoms with Gasteiger partial charge in [-0.3, -0.25) is 0 Å². The quantitative estimate of drug-likeness (QED) is 0.851. The van der Waals surface area contributed by atoms with Crippen LogP contribution in [0.15, 0.2) is 28.1 Å². The zero-order valence-corrected chi connectivity index (χ0v) is 12.6. The second kappa shape index (κ2) is 5.65. The number of thiophene rings is 2. The molecule has 2 heterocycles. The van der Waals surface area contributed by atoms with Gasteiger partial charge in [-0.2, -0.15) is 0 Å². The fourth-order valence-corrected chi connectivity index (χ4v) is 4.44. The summed E-state index contributed by atoms with van der Waals surface area (Å²) in [6.07, 6.45) is 0.979. The van der Waals surface area contributed by atoms with Crippen molar-refractivity contribution in [1.82, 2.24) is 5.32 Å². The van der Waals surface area contributed by atoms with E-state index >= 15 is 0 Å². The average molecular weight is 337 g/mol. The Labute approximate surface area is 117 Å². The molecule has 0 saturated carbocycles. The zero-order valence-electron chi connectivity index (χ0n) is 8.67. The Kier molecular flexibility index (Phi) is 4.44. The van der Waals surface area contributed by atoms with Crippen LogP contribution in [0.4, 0.5) is 0 Å². The lowest BCUT2D eigenvalue weighted by atomic mass is 10.1. The van der Waals surface area contributed by atoms with Crippen molar-refractivity contribution in [2.45, 2.75) is 12.5 Å². The smallest absolute Gasteiger partial charge is 0.0931 e. The van der Waals surface area contributed by atoms with E-state index in [0.29, 0.717) is 6.04 Å². The Morgan fingerprint density at radius 1 is 1.44 bits per heavy atom. The lowest BCUT2D eigenvalue weighted by Crippen LogP contribution is -2.17. The lowest BCUT2D eigenvalue weighted by molar-refractivity contribution is 0.605. The van der Waals surface area contributed by atoms with E-state index in [1.807, 2.05) is 13.1 Å². The van der Waals surface area contributed by atoms with Crippen LogP contribution in [0.25, 0.3) is 0 Å². The molecule has 0 aromatic carbocycles. The second-order valence-corrected chi connectivity index (χ2v) is 6.99. The fraction of sp³-hybridized carbons (Fsp3) is 0.273. The van der Waals surface area contributed by atoms with E-state index in [0.717, 1.165) is 10.8 Å². The normalized spacial score (nSPS) is 12.9. The molecule has 0 spiro atoms. The largest absolute Gasteiger partial charge is 0.312 e. The molecule has 86 valence electrons. The first-order chi connectivity index (χ1) is 7.70. The molecule has 0 bridgehead atoms. The monoisotopic (exact) mass is 335 g/mol. The van der Waals surface area contributed by atoms with Gasteiger partial charge in [-0.1, -0.05) is 11.6 Å².